The number of nitrogens with two attached hydrogens (primary N) is 1. The number of carbonyl (C=O) groups is 1. The second kappa shape index (κ2) is 6.73. The molecule has 3 aromatic carbocycles. The van der Waals surface area contributed by atoms with E-state index in [9.17, 15) is 4.79 Å². The van der Waals surface area contributed by atoms with E-state index in [4.69, 9.17) is 5.73 Å². The molecule has 0 amide bonds. The van der Waals surface area contributed by atoms with Gasteiger partial charge in [-0.3, -0.25) is 0 Å². The van der Waals surface area contributed by atoms with Crippen molar-refractivity contribution in [1.29, 1.82) is 0 Å². The number of rotatable bonds is 4. The Kier molecular flexibility index (Phi) is 4.46. The number of hydrogen-bond acceptors (Lipinski definition) is 3. The first-order chi connectivity index (χ1) is 13.7. The van der Waals surface area contributed by atoms with E-state index in [1.807, 2.05) is 36.4 Å². The topological polar surface area (TPSA) is 46.3 Å². The molecule has 0 unspecified atom stereocenters. The Morgan fingerprint density at radius 1 is 0.897 bits per heavy atom. The predicted octanol–water partition coefficient (Wildman–Crippen LogP) is 4.62. The maximum atomic E-state index is 12.4. The second-order valence-corrected chi connectivity index (χ2v) is 8.38. The summed E-state index contributed by atoms with van der Waals surface area (Å²) < 4.78 is 0. The molecule has 0 radical (unpaired) electrons. The van der Waals surface area contributed by atoms with E-state index in [2.05, 4.69) is 57.5 Å². The van der Waals surface area contributed by atoms with E-state index in [-0.39, 0.29) is 11.2 Å². The zero-order valence-corrected chi connectivity index (χ0v) is 17.4. The summed E-state index contributed by atoms with van der Waals surface area (Å²) in [6, 6.07) is 20.5. The van der Waals surface area contributed by atoms with Crippen molar-refractivity contribution >= 4 is 35.8 Å². The minimum atomic E-state index is -0.187. The van der Waals surface area contributed by atoms with Crippen LogP contribution in [0.5, 0.6) is 0 Å². The molecule has 2 N–H and O–H groups in total. The van der Waals surface area contributed by atoms with Crippen LogP contribution in [0.1, 0.15) is 42.3 Å². The van der Waals surface area contributed by atoms with Gasteiger partial charge in [0.1, 0.15) is 0 Å². The molecule has 0 aromatic heterocycles. The molecule has 29 heavy (non-hydrogen) atoms. The maximum absolute atomic E-state index is 12.4. The van der Waals surface area contributed by atoms with Crippen LogP contribution in [0, 0.1) is 0 Å². The molecule has 0 aliphatic heterocycles. The van der Waals surface area contributed by atoms with Crippen molar-refractivity contribution in [3.05, 3.63) is 77.4 Å². The zero-order chi connectivity index (χ0) is 20.9. The fourth-order valence-corrected chi connectivity index (χ4v) is 4.17. The number of benzene rings is 3. The van der Waals surface area contributed by atoms with Gasteiger partial charge in [-0.2, -0.15) is 0 Å². The summed E-state index contributed by atoms with van der Waals surface area (Å²) in [5, 5.41) is 0. The Labute approximate surface area is 173 Å². The number of anilines is 3. The molecule has 0 fully saturated rings. The van der Waals surface area contributed by atoms with Gasteiger partial charge in [0.15, 0.2) is 0 Å². The van der Waals surface area contributed by atoms with Crippen molar-refractivity contribution in [2.75, 3.05) is 17.7 Å². The zero-order valence-electron chi connectivity index (χ0n) is 17.4. The average Bonchev–Trinajstić information content (AvgIpc) is 2.94. The summed E-state index contributed by atoms with van der Waals surface area (Å²) in [6.45, 7) is 6.20. The number of nitrogens with zero attached hydrogens (tertiary/aromatic N) is 1. The quantitative estimate of drug-likeness (QED) is 0.408. The minimum absolute atomic E-state index is 0.00308. The van der Waals surface area contributed by atoms with Gasteiger partial charge in [-0.05, 0) is 12.1 Å². The van der Waals surface area contributed by atoms with Crippen LogP contribution in [0.2, 0.25) is 0 Å². The van der Waals surface area contributed by atoms with Crippen LogP contribution in [0.4, 0.5) is 17.1 Å². The van der Waals surface area contributed by atoms with Gasteiger partial charge in [-0.15, -0.1) is 0 Å². The molecule has 0 spiro atoms. The molecule has 0 heterocycles. The summed E-state index contributed by atoms with van der Waals surface area (Å²) in [7, 11) is 5.86. The van der Waals surface area contributed by atoms with E-state index in [0.717, 1.165) is 17.1 Å². The third-order valence-electron chi connectivity index (χ3n) is 5.98. The summed E-state index contributed by atoms with van der Waals surface area (Å²) in [4.78, 5) is 14.6. The van der Waals surface area contributed by atoms with Crippen LogP contribution in [0.15, 0.2) is 60.7 Å². The van der Waals surface area contributed by atoms with Gasteiger partial charge in [0.25, 0.3) is 0 Å². The fraction of sp³-hybridized carbons (Fsp3) is 0.200. The van der Waals surface area contributed by atoms with E-state index in [0.29, 0.717) is 11.0 Å². The van der Waals surface area contributed by atoms with Crippen LogP contribution >= 0.6 is 0 Å². The van der Waals surface area contributed by atoms with Crippen molar-refractivity contribution in [3.63, 3.8) is 0 Å². The van der Waals surface area contributed by atoms with Crippen molar-refractivity contribution in [1.82, 2.24) is 0 Å². The van der Waals surface area contributed by atoms with Crippen LogP contribution < -0.4 is 10.6 Å². The first-order valence-electron chi connectivity index (χ1n) is 9.79. The molecule has 3 aromatic rings. The number of hydrogen-bond donors (Lipinski definition) is 1. The van der Waals surface area contributed by atoms with Crippen LogP contribution in [-0.2, 0) is 5.41 Å². The number of ketones is 1. The van der Waals surface area contributed by atoms with E-state index >= 15 is 0 Å². The van der Waals surface area contributed by atoms with Gasteiger partial charge in [0, 0.05) is 5.69 Å². The third kappa shape index (κ3) is 3.09. The normalized spacial score (nSPS) is 13.5. The van der Waals surface area contributed by atoms with E-state index in [1.54, 1.807) is 6.92 Å². The summed E-state index contributed by atoms with van der Waals surface area (Å²) in [6.07, 6.45) is 0. The molecule has 4 rings (SSSR count). The molecular weight excluding hydrogens is 355 g/mol. The number of nitrogen functional groups attached to an aromatic ring is 1. The van der Waals surface area contributed by atoms with Gasteiger partial charge in [0.05, 0.1) is 0 Å². The number of Topliss-reactive ketones (excluding diaryl/α,β-unsaturated/α-hetero) is 1. The van der Waals surface area contributed by atoms with E-state index < -0.39 is 0 Å². The third-order valence-corrected chi connectivity index (χ3v) is 5.98. The summed E-state index contributed by atoms with van der Waals surface area (Å²) >= 11 is 0. The average molecular weight is 380 g/mol. The van der Waals surface area contributed by atoms with E-state index in [1.165, 1.54) is 22.3 Å². The Balaban J connectivity index is 1.77. The van der Waals surface area contributed by atoms with Crippen LogP contribution in [0.25, 0.3) is 11.1 Å². The monoisotopic (exact) mass is 380 g/mol. The molecule has 0 bridgehead atoms. The van der Waals surface area contributed by atoms with Gasteiger partial charge < -0.3 is 5.73 Å². The fourth-order valence-electron chi connectivity index (χ4n) is 4.17. The molecule has 0 saturated carbocycles. The summed E-state index contributed by atoms with van der Waals surface area (Å²) in [5.41, 5.74) is 14.8. The van der Waals surface area contributed by atoms with Gasteiger partial charge in [-0.25, -0.2) is 0 Å². The van der Waals surface area contributed by atoms with Crippen molar-refractivity contribution in [2.24, 2.45) is 0 Å². The van der Waals surface area contributed by atoms with Crippen molar-refractivity contribution < 1.29 is 4.79 Å². The molecule has 0 saturated heterocycles. The number of carbonyl (C=O) groups excluding carboxylic acids is 1. The van der Waals surface area contributed by atoms with Crippen LogP contribution in [0.3, 0.4) is 0 Å². The molecule has 1 aliphatic rings. The van der Waals surface area contributed by atoms with Crippen molar-refractivity contribution in [2.45, 2.75) is 26.2 Å². The predicted molar refractivity (Wildman–Crippen MR) is 125 cm³/mol. The Hall–Kier alpha value is -3.14. The van der Waals surface area contributed by atoms with Gasteiger partial charge in [-0.1, -0.05) is 0 Å². The van der Waals surface area contributed by atoms with Gasteiger partial charge in [0.2, 0.25) is 0 Å². The standard InChI is InChI=1S/C25H25BN2O/c1-15(26)24(29)16-5-11-20-21-12-10-19(14-23(21)25(2,3)22(20)13-16)28(4)18-8-6-17(27)7-9-18/h5-14,26H,27H2,1-4H3. The molecule has 1 aliphatic carbocycles. The number of fused-ring (bicyclic) bond motifs is 3. The second-order valence-electron chi connectivity index (χ2n) is 8.38. The Morgan fingerprint density at radius 3 is 2.07 bits per heavy atom. The van der Waals surface area contributed by atoms with Gasteiger partial charge >= 0.3 is 149 Å². The Bertz CT molecular complexity index is 1150. The SMILES string of the molecule is B=C(C)C(=O)c1ccc2c(c1)C(C)(C)c1cc(N(C)c3ccc(N)cc3)ccc1-2. The molecule has 4 heteroatoms. The molecular formula is C25H25BN2O. The molecule has 0 atom stereocenters. The molecule has 3 nitrogen and oxygen atoms in total. The first-order valence-corrected chi connectivity index (χ1v) is 9.79. The Morgan fingerprint density at radius 2 is 1.45 bits per heavy atom. The summed E-state index contributed by atoms with van der Waals surface area (Å²) in [5.74, 6) is 0.00308. The first kappa shape index (κ1) is 19.2. The van der Waals surface area contributed by atoms with Crippen molar-refractivity contribution in [3.8, 4) is 11.1 Å². The van der Waals surface area contributed by atoms with Crippen LogP contribution in [-0.4, -0.2) is 25.8 Å². The molecule has 144 valence electrons.